The number of carbonyl (C=O) groups excluding carboxylic acids is 2. The first-order valence-corrected chi connectivity index (χ1v) is 7.94. The lowest BCUT2D eigenvalue weighted by molar-refractivity contribution is -0.121. The number of benzene rings is 1. The van der Waals surface area contributed by atoms with Crippen LogP contribution in [0.2, 0.25) is 0 Å². The van der Waals surface area contributed by atoms with Crippen LogP contribution >= 0.6 is 23.1 Å². The number of imide groups is 1. The van der Waals surface area contributed by atoms with Gasteiger partial charge in [-0.3, -0.25) is 9.59 Å². The van der Waals surface area contributed by atoms with E-state index in [1.165, 1.54) is 17.4 Å². The van der Waals surface area contributed by atoms with Gasteiger partial charge in [-0.1, -0.05) is 23.1 Å². The highest BCUT2D eigenvalue weighted by Crippen LogP contribution is 2.35. The summed E-state index contributed by atoms with van der Waals surface area (Å²) in [5.41, 5.74) is 0.0328. The Labute approximate surface area is 132 Å². The Bertz CT molecular complexity index is 765. The third kappa shape index (κ3) is 2.73. The number of nitrogens with zero attached hydrogens (tertiary/aromatic N) is 3. The summed E-state index contributed by atoms with van der Waals surface area (Å²) in [6.45, 7) is 1.79. The number of hydrogen-bond acceptors (Lipinski definition) is 6. The molecule has 0 radical (unpaired) electrons. The summed E-state index contributed by atoms with van der Waals surface area (Å²) >= 11 is 2.48. The van der Waals surface area contributed by atoms with Crippen molar-refractivity contribution in [2.75, 3.05) is 4.90 Å². The third-order valence-electron chi connectivity index (χ3n) is 3.02. The van der Waals surface area contributed by atoms with E-state index in [0.29, 0.717) is 4.34 Å². The van der Waals surface area contributed by atoms with Gasteiger partial charge >= 0.3 is 0 Å². The molecule has 1 saturated heterocycles. The molecule has 114 valence electrons. The number of amides is 2. The fourth-order valence-electron chi connectivity index (χ4n) is 2.04. The van der Waals surface area contributed by atoms with Crippen LogP contribution in [0.15, 0.2) is 22.5 Å². The zero-order valence-corrected chi connectivity index (χ0v) is 12.9. The highest BCUT2D eigenvalue weighted by molar-refractivity contribution is 8.02. The van der Waals surface area contributed by atoms with Gasteiger partial charge in [-0.2, -0.15) is 0 Å². The van der Waals surface area contributed by atoms with E-state index in [2.05, 4.69) is 10.2 Å². The van der Waals surface area contributed by atoms with Crippen molar-refractivity contribution in [1.82, 2.24) is 10.2 Å². The average molecular weight is 341 g/mol. The molecule has 1 aliphatic heterocycles. The highest BCUT2D eigenvalue weighted by Gasteiger charge is 2.41. The Morgan fingerprint density at radius 2 is 2.05 bits per heavy atom. The maximum absolute atomic E-state index is 13.3. The van der Waals surface area contributed by atoms with Crippen LogP contribution in [0.4, 0.5) is 14.5 Å². The minimum atomic E-state index is -1.10. The van der Waals surface area contributed by atoms with Crippen molar-refractivity contribution in [3.63, 3.8) is 0 Å². The summed E-state index contributed by atoms with van der Waals surface area (Å²) in [6.07, 6.45) is -0.0128. The number of anilines is 1. The van der Waals surface area contributed by atoms with Gasteiger partial charge < -0.3 is 0 Å². The number of halogens is 2. The van der Waals surface area contributed by atoms with Crippen molar-refractivity contribution in [2.24, 2.45) is 0 Å². The molecule has 22 heavy (non-hydrogen) atoms. The summed E-state index contributed by atoms with van der Waals surface area (Å²) in [7, 11) is 0. The van der Waals surface area contributed by atoms with Crippen molar-refractivity contribution in [1.29, 1.82) is 0 Å². The molecule has 1 aromatic carbocycles. The molecule has 3 rings (SSSR count). The number of aromatic nitrogens is 2. The standard InChI is InChI=1S/C13H9F2N3O2S2/c1-6-16-17-13(21-6)22-10-5-11(19)18(12(10)20)7-2-3-8(14)9(15)4-7/h2-4,10H,5H2,1H3/t10-/m1/s1. The lowest BCUT2D eigenvalue weighted by atomic mass is 10.3. The number of rotatable bonds is 3. The summed E-state index contributed by atoms with van der Waals surface area (Å²) in [5.74, 6) is -3.05. The van der Waals surface area contributed by atoms with E-state index in [0.717, 1.165) is 33.8 Å². The molecule has 0 unspecified atom stereocenters. The molecule has 1 atom stereocenters. The fourth-order valence-corrected chi connectivity index (χ4v) is 4.12. The number of carbonyl (C=O) groups is 2. The second-order valence-electron chi connectivity index (χ2n) is 4.56. The zero-order chi connectivity index (χ0) is 15.9. The van der Waals surface area contributed by atoms with Gasteiger partial charge in [0.05, 0.1) is 5.69 Å². The highest BCUT2D eigenvalue weighted by atomic mass is 32.2. The maximum atomic E-state index is 13.3. The molecule has 2 heterocycles. The predicted octanol–water partition coefficient (Wildman–Crippen LogP) is 2.55. The topological polar surface area (TPSA) is 63.2 Å². The lowest BCUT2D eigenvalue weighted by Crippen LogP contribution is -2.31. The van der Waals surface area contributed by atoms with Gasteiger partial charge in [0, 0.05) is 12.5 Å². The molecular formula is C13H9F2N3O2S2. The molecule has 9 heteroatoms. The van der Waals surface area contributed by atoms with Crippen LogP contribution in [0.5, 0.6) is 0 Å². The Kier molecular flexibility index (Phi) is 3.92. The second kappa shape index (κ2) is 5.73. The largest absolute Gasteiger partial charge is 0.274 e. The van der Waals surface area contributed by atoms with Gasteiger partial charge in [0.15, 0.2) is 16.0 Å². The summed E-state index contributed by atoms with van der Waals surface area (Å²) in [4.78, 5) is 25.3. The van der Waals surface area contributed by atoms with E-state index in [1.807, 2.05) is 0 Å². The normalized spacial score (nSPS) is 18.3. The molecule has 0 saturated carbocycles. The SMILES string of the molecule is Cc1nnc(S[C@@H]2CC(=O)N(c3ccc(F)c(F)c3)C2=O)s1. The van der Waals surface area contributed by atoms with E-state index in [1.54, 1.807) is 6.92 Å². The quantitative estimate of drug-likeness (QED) is 0.803. The molecule has 1 aliphatic rings. The summed E-state index contributed by atoms with van der Waals surface area (Å²) < 4.78 is 26.8. The minimum Gasteiger partial charge on any atom is -0.274 e. The predicted molar refractivity (Wildman–Crippen MR) is 77.8 cm³/mol. The van der Waals surface area contributed by atoms with Gasteiger partial charge in [-0.15, -0.1) is 10.2 Å². The average Bonchev–Trinajstić information content (AvgIpc) is 2.98. The van der Waals surface area contributed by atoms with E-state index < -0.39 is 28.7 Å². The number of thioether (sulfide) groups is 1. The number of aryl methyl sites for hydroxylation is 1. The molecule has 2 aromatic rings. The van der Waals surface area contributed by atoms with Crippen LogP contribution in [0.3, 0.4) is 0 Å². The van der Waals surface area contributed by atoms with Crippen molar-refractivity contribution in [3.05, 3.63) is 34.8 Å². The minimum absolute atomic E-state index is 0.0128. The first kappa shape index (κ1) is 15.0. The van der Waals surface area contributed by atoms with Crippen molar-refractivity contribution >= 4 is 40.6 Å². The second-order valence-corrected chi connectivity index (χ2v) is 7.19. The molecule has 2 amide bonds. The Hall–Kier alpha value is -1.87. The van der Waals surface area contributed by atoms with E-state index in [-0.39, 0.29) is 12.1 Å². The number of hydrogen-bond donors (Lipinski definition) is 0. The molecule has 5 nitrogen and oxygen atoms in total. The Morgan fingerprint density at radius 3 is 2.68 bits per heavy atom. The lowest BCUT2D eigenvalue weighted by Gasteiger charge is -2.14. The first-order valence-electron chi connectivity index (χ1n) is 6.24. The van der Waals surface area contributed by atoms with Gasteiger partial charge in [0.2, 0.25) is 11.8 Å². The van der Waals surface area contributed by atoms with Gasteiger partial charge in [-0.25, -0.2) is 13.7 Å². The van der Waals surface area contributed by atoms with Gasteiger partial charge in [0.25, 0.3) is 0 Å². The monoisotopic (exact) mass is 341 g/mol. The molecule has 0 aliphatic carbocycles. The van der Waals surface area contributed by atoms with Crippen LogP contribution in [0, 0.1) is 18.6 Å². The Balaban J connectivity index is 1.83. The molecule has 1 fully saturated rings. The van der Waals surface area contributed by atoms with E-state index >= 15 is 0 Å². The van der Waals surface area contributed by atoms with E-state index in [9.17, 15) is 18.4 Å². The molecule has 0 bridgehead atoms. The van der Waals surface area contributed by atoms with Crippen LogP contribution < -0.4 is 4.90 Å². The fraction of sp³-hybridized carbons (Fsp3) is 0.231. The summed E-state index contributed by atoms with van der Waals surface area (Å²) in [6, 6.07) is 2.93. The molecule has 0 N–H and O–H groups in total. The maximum Gasteiger partial charge on any atom is 0.247 e. The Morgan fingerprint density at radius 1 is 1.27 bits per heavy atom. The van der Waals surface area contributed by atoms with Crippen LogP contribution in [0.25, 0.3) is 0 Å². The van der Waals surface area contributed by atoms with Crippen molar-refractivity contribution in [2.45, 2.75) is 22.9 Å². The van der Waals surface area contributed by atoms with Crippen molar-refractivity contribution in [3.8, 4) is 0 Å². The van der Waals surface area contributed by atoms with Crippen LogP contribution in [0.1, 0.15) is 11.4 Å². The summed E-state index contributed by atoms with van der Waals surface area (Å²) in [5, 5.41) is 7.88. The van der Waals surface area contributed by atoms with Crippen molar-refractivity contribution < 1.29 is 18.4 Å². The third-order valence-corrected chi connectivity index (χ3v) is 5.13. The first-order chi connectivity index (χ1) is 10.5. The van der Waals surface area contributed by atoms with E-state index in [4.69, 9.17) is 0 Å². The zero-order valence-electron chi connectivity index (χ0n) is 11.2. The molecule has 0 spiro atoms. The van der Waals surface area contributed by atoms with Gasteiger partial charge in [0.1, 0.15) is 10.3 Å². The van der Waals surface area contributed by atoms with Gasteiger partial charge in [-0.05, 0) is 19.1 Å². The molecule has 1 aromatic heterocycles. The molecular weight excluding hydrogens is 332 g/mol. The van der Waals surface area contributed by atoms with Crippen LogP contribution in [-0.4, -0.2) is 27.3 Å². The van der Waals surface area contributed by atoms with Crippen LogP contribution in [-0.2, 0) is 9.59 Å². The smallest absolute Gasteiger partial charge is 0.247 e.